The van der Waals surface area contributed by atoms with Crippen molar-refractivity contribution in [2.45, 2.75) is 25.8 Å². The van der Waals surface area contributed by atoms with Crippen molar-refractivity contribution in [2.24, 2.45) is 5.92 Å². The second-order valence-corrected chi connectivity index (χ2v) is 7.09. The van der Waals surface area contributed by atoms with E-state index >= 15 is 0 Å². The number of thioether (sulfide) groups is 1. The highest BCUT2D eigenvalue weighted by Crippen LogP contribution is 2.26. The summed E-state index contributed by atoms with van der Waals surface area (Å²) in [5.74, 6) is 1.52. The van der Waals surface area contributed by atoms with Crippen molar-refractivity contribution in [1.82, 2.24) is 10.2 Å². The van der Waals surface area contributed by atoms with Gasteiger partial charge in [0.1, 0.15) is 0 Å². The van der Waals surface area contributed by atoms with Gasteiger partial charge in [-0.3, -0.25) is 9.69 Å². The molecule has 4 nitrogen and oxygen atoms in total. The molecule has 0 spiro atoms. The minimum atomic E-state index is 0.0107. The Kier molecular flexibility index (Phi) is 7.44. The first-order chi connectivity index (χ1) is 11.2. The topological polar surface area (TPSA) is 56.1 Å². The molecule has 1 atom stereocenters. The van der Waals surface area contributed by atoms with E-state index in [-0.39, 0.29) is 11.9 Å². The molecule has 5 heteroatoms. The van der Waals surface area contributed by atoms with E-state index in [1.54, 1.807) is 0 Å². The van der Waals surface area contributed by atoms with Gasteiger partial charge in [0.15, 0.2) is 0 Å². The Hall–Kier alpha value is -1.51. The molecule has 2 rings (SSSR count). The molecule has 1 aromatic rings. The Labute approximate surface area is 143 Å². The molecule has 0 unspecified atom stereocenters. The van der Waals surface area contributed by atoms with Crippen LogP contribution in [0.25, 0.3) is 0 Å². The van der Waals surface area contributed by atoms with Gasteiger partial charge >= 0.3 is 0 Å². The van der Waals surface area contributed by atoms with E-state index in [1.165, 1.54) is 30.2 Å². The number of nitrogens with zero attached hydrogens (tertiary/aromatic N) is 2. The van der Waals surface area contributed by atoms with Crippen LogP contribution in [0.3, 0.4) is 0 Å². The zero-order valence-corrected chi connectivity index (χ0v) is 14.5. The monoisotopic (exact) mass is 331 g/mol. The van der Waals surface area contributed by atoms with Crippen LogP contribution in [0.5, 0.6) is 0 Å². The zero-order valence-electron chi connectivity index (χ0n) is 13.7. The van der Waals surface area contributed by atoms with E-state index in [0.717, 1.165) is 19.0 Å². The smallest absolute Gasteiger partial charge is 0.230 e. The molecule has 1 fully saturated rings. The maximum Gasteiger partial charge on any atom is 0.230 e. The van der Waals surface area contributed by atoms with Crippen molar-refractivity contribution in [1.29, 1.82) is 5.26 Å². The van der Waals surface area contributed by atoms with E-state index in [4.69, 9.17) is 5.26 Å². The first kappa shape index (κ1) is 17.8. The SMILES string of the molecule is CC1CCN([C@@H](CNC(=O)CSCC#N)c2ccccc2)CC1. The molecule has 1 aromatic carbocycles. The average Bonchev–Trinajstić information content (AvgIpc) is 2.58. The maximum atomic E-state index is 11.9. The number of benzene rings is 1. The Bertz CT molecular complexity index is 521. The lowest BCUT2D eigenvalue weighted by Gasteiger charge is -2.37. The van der Waals surface area contributed by atoms with Crippen molar-refractivity contribution in [3.8, 4) is 6.07 Å². The van der Waals surface area contributed by atoms with Crippen molar-refractivity contribution >= 4 is 17.7 Å². The summed E-state index contributed by atoms with van der Waals surface area (Å²) in [6, 6.07) is 12.7. The Morgan fingerprint density at radius 1 is 1.39 bits per heavy atom. The van der Waals surface area contributed by atoms with Crippen molar-refractivity contribution in [2.75, 3.05) is 31.1 Å². The summed E-state index contributed by atoms with van der Waals surface area (Å²) in [4.78, 5) is 14.4. The second-order valence-electron chi connectivity index (χ2n) is 6.10. The lowest BCUT2D eigenvalue weighted by molar-refractivity contribution is -0.118. The number of amides is 1. The molecule has 1 N–H and O–H groups in total. The van der Waals surface area contributed by atoms with E-state index in [0.29, 0.717) is 18.1 Å². The van der Waals surface area contributed by atoms with Crippen LogP contribution < -0.4 is 5.32 Å². The third-order valence-corrected chi connectivity index (χ3v) is 5.14. The maximum absolute atomic E-state index is 11.9. The largest absolute Gasteiger partial charge is 0.353 e. The van der Waals surface area contributed by atoms with Crippen LogP contribution >= 0.6 is 11.8 Å². The van der Waals surface area contributed by atoms with Crippen LogP contribution in [0.1, 0.15) is 31.4 Å². The molecule has 1 aliphatic heterocycles. The van der Waals surface area contributed by atoms with Gasteiger partial charge in [-0.05, 0) is 37.4 Å². The number of hydrogen-bond acceptors (Lipinski definition) is 4. The van der Waals surface area contributed by atoms with Gasteiger partial charge in [0.2, 0.25) is 5.91 Å². The number of likely N-dealkylation sites (tertiary alicyclic amines) is 1. The van der Waals surface area contributed by atoms with Gasteiger partial charge in [-0.2, -0.15) is 5.26 Å². The summed E-state index contributed by atoms with van der Waals surface area (Å²) < 4.78 is 0. The molecular weight excluding hydrogens is 306 g/mol. The van der Waals surface area contributed by atoms with Crippen molar-refractivity contribution in [3.05, 3.63) is 35.9 Å². The van der Waals surface area contributed by atoms with Gasteiger partial charge in [-0.1, -0.05) is 37.3 Å². The van der Waals surface area contributed by atoms with Gasteiger partial charge in [0.25, 0.3) is 0 Å². The minimum Gasteiger partial charge on any atom is -0.353 e. The van der Waals surface area contributed by atoms with E-state index < -0.39 is 0 Å². The molecule has 0 saturated carbocycles. The van der Waals surface area contributed by atoms with Gasteiger partial charge in [-0.15, -0.1) is 11.8 Å². The summed E-state index contributed by atoms with van der Waals surface area (Å²) in [7, 11) is 0. The summed E-state index contributed by atoms with van der Waals surface area (Å²) in [5.41, 5.74) is 1.26. The normalized spacial score (nSPS) is 17.4. The fraction of sp³-hybridized carbons (Fsp3) is 0.556. The number of carbonyl (C=O) groups excluding carboxylic acids is 1. The predicted molar refractivity (Wildman–Crippen MR) is 95.1 cm³/mol. The molecule has 23 heavy (non-hydrogen) atoms. The standard InChI is InChI=1S/C18H25N3OS/c1-15-7-10-21(11-8-15)17(16-5-3-2-4-6-16)13-20-18(22)14-23-12-9-19/h2-6,15,17H,7-8,10-14H2,1H3,(H,20,22)/t17-/m0/s1. The van der Waals surface area contributed by atoms with Gasteiger partial charge in [0.05, 0.1) is 23.6 Å². The van der Waals surface area contributed by atoms with Gasteiger partial charge in [0, 0.05) is 6.54 Å². The zero-order chi connectivity index (χ0) is 16.5. The number of hydrogen-bond donors (Lipinski definition) is 1. The summed E-state index contributed by atoms with van der Waals surface area (Å²) in [6.45, 7) is 5.10. The lowest BCUT2D eigenvalue weighted by atomic mass is 9.95. The Morgan fingerprint density at radius 2 is 2.09 bits per heavy atom. The minimum absolute atomic E-state index is 0.0107. The fourth-order valence-corrected chi connectivity index (χ4v) is 3.40. The number of rotatable bonds is 7. The summed E-state index contributed by atoms with van der Waals surface area (Å²) >= 11 is 1.36. The molecule has 1 amide bonds. The van der Waals surface area contributed by atoms with Crippen LogP contribution in [-0.2, 0) is 4.79 Å². The summed E-state index contributed by atoms with van der Waals surface area (Å²) in [5, 5.41) is 11.6. The van der Waals surface area contributed by atoms with Crippen LogP contribution in [0.2, 0.25) is 0 Å². The van der Waals surface area contributed by atoms with Crippen LogP contribution in [-0.4, -0.2) is 41.9 Å². The van der Waals surface area contributed by atoms with Crippen molar-refractivity contribution in [3.63, 3.8) is 0 Å². The molecule has 0 bridgehead atoms. The first-order valence-corrected chi connectivity index (χ1v) is 9.36. The fourth-order valence-electron chi connectivity index (χ4n) is 2.92. The number of nitriles is 1. The van der Waals surface area contributed by atoms with E-state index in [9.17, 15) is 4.79 Å². The average molecular weight is 331 g/mol. The molecule has 0 aliphatic carbocycles. The van der Waals surface area contributed by atoms with Crippen LogP contribution in [0, 0.1) is 17.2 Å². The second kappa shape index (κ2) is 9.59. The van der Waals surface area contributed by atoms with Crippen LogP contribution in [0.15, 0.2) is 30.3 Å². The number of nitrogens with one attached hydrogen (secondary N) is 1. The number of carbonyl (C=O) groups is 1. The highest BCUT2D eigenvalue weighted by atomic mass is 32.2. The first-order valence-electron chi connectivity index (χ1n) is 8.21. The van der Waals surface area contributed by atoms with Gasteiger partial charge in [-0.25, -0.2) is 0 Å². The molecule has 1 heterocycles. The molecule has 1 saturated heterocycles. The quantitative estimate of drug-likeness (QED) is 0.781. The molecule has 124 valence electrons. The Balaban J connectivity index is 1.94. The van der Waals surface area contributed by atoms with E-state index in [1.807, 2.05) is 12.1 Å². The predicted octanol–water partition coefficient (Wildman–Crippen LogP) is 2.83. The number of piperidine rings is 1. The molecular formula is C18H25N3OS. The van der Waals surface area contributed by atoms with Gasteiger partial charge < -0.3 is 5.32 Å². The third kappa shape index (κ3) is 5.89. The highest BCUT2D eigenvalue weighted by molar-refractivity contribution is 8.00. The Morgan fingerprint density at radius 3 is 2.74 bits per heavy atom. The van der Waals surface area contributed by atoms with E-state index in [2.05, 4.69) is 41.4 Å². The van der Waals surface area contributed by atoms with Crippen LogP contribution in [0.4, 0.5) is 0 Å². The summed E-state index contributed by atoms with van der Waals surface area (Å²) in [6.07, 6.45) is 2.44. The molecule has 0 radical (unpaired) electrons. The molecule has 1 aliphatic rings. The highest BCUT2D eigenvalue weighted by Gasteiger charge is 2.24. The van der Waals surface area contributed by atoms with Crippen molar-refractivity contribution < 1.29 is 4.79 Å². The third-order valence-electron chi connectivity index (χ3n) is 4.34. The molecule has 0 aromatic heterocycles. The lowest BCUT2D eigenvalue weighted by Crippen LogP contribution is -2.42.